The highest BCUT2D eigenvalue weighted by atomic mass is 15.0. The van der Waals surface area contributed by atoms with E-state index in [1.165, 1.54) is 103 Å². The van der Waals surface area contributed by atoms with Gasteiger partial charge in [0.05, 0.1) is 0 Å². The lowest BCUT2D eigenvalue weighted by Crippen LogP contribution is -2.51. The lowest BCUT2D eigenvalue weighted by Gasteiger charge is -2.37. The van der Waals surface area contributed by atoms with Gasteiger partial charge in [-0.25, -0.2) is 0 Å². The fraction of sp³-hybridized carbons (Fsp3) is 1.00. The second-order valence-corrected chi connectivity index (χ2v) is 9.64. The first-order valence-corrected chi connectivity index (χ1v) is 11.6. The van der Waals surface area contributed by atoms with Gasteiger partial charge in [0.25, 0.3) is 0 Å². The third-order valence-corrected chi connectivity index (χ3v) is 5.49. The molecule has 0 heterocycles. The summed E-state index contributed by atoms with van der Waals surface area (Å²) in [6.07, 6.45) is 22.3. The highest BCUT2D eigenvalue weighted by molar-refractivity contribution is 4.88. The molecule has 0 rings (SSSR count). The van der Waals surface area contributed by atoms with Crippen molar-refractivity contribution in [2.24, 2.45) is 0 Å². The third kappa shape index (κ3) is 17.1. The molecule has 0 aromatic carbocycles. The summed E-state index contributed by atoms with van der Waals surface area (Å²) in [5.74, 6) is 0. The summed E-state index contributed by atoms with van der Waals surface area (Å²) >= 11 is 0. The molecular weight excluding hydrogens is 302 g/mol. The standard InChI is InChI=1S/C24H51N/c1-7-9-11-13-15-17-19-21-23(3,4)25-24(5,6)22-20-18-16-14-12-10-8-2/h25H,7-22H2,1-6H3. The highest BCUT2D eigenvalue weighted by Crippen LogP contribution is 2.23. The molecule has 25 heavy (non-hydrogen) atoms. The summed E-state index contributed by atoms with van der Waals surface area (Å²) in [5, 5.41) is 3.96. The summed E-state index contributed by atoms with van der Waals surface area (Å²) in [6, 6.07) is 0. The van der Waals surface area contributed by atoms with Crippen LogP contribution in [0, 0.1) is 0 Å². The van der Waals surface area contributed by atoms with Crippen LogP contribution in [0.2, 0.25) is 0 Å². The second kappa shape index (κ2) is 15.1. The smallest absolute Gasteiger partial charge is 0.0130 e. The first kappa shape index (κ1) is 25.0. The Hall–Kier alpha value is -0.0400. The van der Waals surface area contributed by atoms with Crippen molar-refractivity contribution >= 4 is 0 Å². The number of nitrogens with one attached hydrogen (secondary N) is 1. The van der Waals surface area contributed by atoms with Crippen molar-refractivity contribution in [3.05, 3.63) is 0 Å². The molecule has 0 aromatic rings. The van der Waals surface area contributed by atoms with Crippen molar-refractivity contribution in [1.29, 1.82) is 0 Å². The van der Waals surface area contributed by atoms with Crippen molar-refractivity contribution in [1.82, 2.24) is 5.32 Å². The van der Waals surface area contributed by atoms with Gasteiger partial charge in [0, 0.05) is 11.1 Å². The van der Waals surface area contributed by atoms with Crippen molar-refractivity contribution in [2.75, 3.05) is 0 Å². The average Bonchev–Trinajstić information content (AvgIpc) is 2.52. The fourth-order valence-corrected chi connectivity index (χ4v) is 4.09. The molecular formula is C24H51N. The van der Waals surface area contributed by atoms with E-state index in [0.29, 0.717) is 0 Å². The molecule has 0 spiro atoms. The molecule has 1 heteroatoms. The van der Waals surface area contributed by atoms with Gasteiger partial charge in [0.1, 0.15) is 0 Å². The van der Waals surface area contributed by atoms with E-state index in [9.17, 15) is 0 Å². The Labute approximate surface area is 161 Å². The number of hydrogen-bond acceptors (Lipinski definition) is 1. The number of hydrogen-bond donors (Lipinski definition) is 1. The Morgan fingerprint density at radius 2 is 0.720 bits per heavy atom. The molecule has 1 nitrogen and oxygen atoms in total. The van der Waals surface area contributed by atoms with Crippen molar-refractivity contribution in [3.63, 3.8) is 0 Å². The molecule has 0 aromatic heterocycles. The van der Waals surface area contributed by atoms with E-state index in [0.717, 1.165) is 0 Å². The summed E-state index contributed by atoms with van der Waals surface area (Å²) in [7, 11) is 0. The lowest BCUT2D eigenvalue weighted by atomic mass is 9.89. The maximum atomic E-state index is 3.96. The molecule has 0 aliphatic rings. The van der Waals surface area contributed by atoms with Crippen LogP contribution < -0.4 is 5.32 Å². The van der Waals surface area contributed by atoms with Crippen LogP contribution >= 0.6 is 0 Å². The molecule has 0 aliphatic carbocycles. The van der Waals surface area contributed by atoms with Crippen LogP contribution in [0.3, 0.4) is 0 Å². The second-order valence-electron chi connectivity index (χ2n) is 9.64. The zero-order valence-corrected chi connectivity index (χ0v) is 18.8. The summed E-state index contributed by atoms with van der Waals surface area (Å²) in [4.78, 5) is 0. The molecule has 152 valence electrons. The van der Waals surface area contributed by atoms with E-state index in [1.807, 2.05) is 0 Å². The summed E-state index contributed by atoms with van der Waals surface area (Å²) < 4.78 is 0. The van der Waals surface area contributed by atoms with Crippen LogP contribution in [0.25, 0.3) is 0 Å². The van der Waals surface area contributed by atoms with Gasteiger partial charge in [0.2, 0.25) is 0 Å². The summed E-state index contributed by atoms with van der Waals surface area (Å²) in [6.45, 7) is 14.2. The molecule has 0 saturated heterocycles. The fourth-order valence-electron chi connectivity index (χ4n) is 4.09. The van der Waals surface area contributed by atoms with Gasteiger partial charge >= 0.3 is 0 Å². The maximum absolute atomic E-state index is 3.96. The van der Waals surface area contributed by atoms with E-state index < -0.39 is 0 Å². The first-order valence-electron chi connectivity index (χ1n) is 11.6. The molecule has 0 atom stereocenters. The molecule has 0 bridgehead atoms. The molecule has 0 fully saturated rings. The Balaban J connectivity index is 3.77. The van der Waals surface area contributed by atoms with Gasteiger partial charge in [-0.2, -0.15) is 0 Å². The van der Waals surface area contributed by atoms with E-state index in [1.54, 1.807) is 0 Å². The first-order chi connectivity index (χ1) is 11.8. The monoisotopic (exact) mass is 353 g/mol. The molecule has 0 aliphatic heterocycles. The van der Waals surface area contributed by atoms with Gasteiger partial charge in [-0.3, -0.25) is 0 Å². The minimum absolute atomic E-state index is 0.272. The van der Waals surface area contributed by atoms with Gasteiger partial charge in [0.15, 0.2) is 0 Å². The average molecular weight is 354 g/mol. The highest BCUT2D eigenvalue weighted by Gasteiger charge is 2.26. The SMILES string of the molecule is CCCCCCCCCC(C)(C)NC(C)(C)CCCCCCCCC. The zero-order chi connectivity index (χ0) is 19.0. The normalized spacial score (nSPS) is 12.7. The minimum Gasteiger partial charge on any atom is -0.307 e. The topological polar surface area (TPSA) is 12.0 Å². The molecule has 0 unspecified atom stereocenters. The van der Waals surface area contributed by atoms with Crippen LogP contribution in [0.1, 0.15) is 144 Å². The van der Waals surface area contributed by atoms with Crippen molar-refractivity contribution < 1.29 is 0 Å². The van der Waals surface area contributed by atoms with Crippen LogP contribution in [-0.4, -0.2) is 11.1 Å². The number of unbranched alkanes of at least 4 members (excludes halogenated alkanes) is 12. The van der Waals surface area contributed by atoms with Crippen molar-refractivity contribution in [3.8, 4) is 0 Å². The minimum atomic E-state index is 0.272. The Morgan fingerprint density at radius 3 is 1.04 bits per heavy atom. The zero-order valence-electron chi connectivity index (χ0n) is 18.8. The van der Waals surface area contributed by atoms with Crippen molar-refractivity contribution in [2.45, 2.75) is 155 Å². The van der Waals surface area contributed by atoms with Gasteiger partial charge in [-0.05, 0) is 40.5 Å². The van der Waals surface area contributed by atoms with E-state index in [4.69, 9.17) is 0 Å². The Morgan fingerprint density at radius 1 is 0.440 bits per heavy atom. The Bertz CT molecular complexity index is 252. The van der Waals surface area contributed by atoms with E-state index in [-0.39, 0.29) is 11.1 Å². The third-order valence-electron chi connectivity index (χ3n) is 5.49. The van der Waals surface area contributed by atoms with Gasteiger partial charge in [-0.1, -0.05) is 104 Å². The molecule has 0 saturated carbocycles. The quantitative estimate of drug-likeness (QED) is 0.244. The summed E-state index contributed by atoms with van der Waals surface area (Å²) in [5.41, 5.74) is 0.544. The Kier molecular flexibility index (Phi) is 15.0. The van der Waals surface area contributed by atoms with Crippen LogP contribution in [0.15, 0.2) is 0 Å². The lowest BCUT2D eigenvalue weighted by molar-refractivity contribution is 0.230. The molecule has 1 N–H and O–H groups in total. The predicted molar refractivity (Wildman–Crippen MR) is 117 cm³/mol. The van der Waals surface area contributed by atoms with Crippen LogP contribution in [0.5, 0.6) is 0 Å². The van der Waals surface area contributed by atoms with Crippen LogP contribution in [0.4, 0.5) is 0 Å². The van der Waals surface area contributed by atoms with E-state index >= 15 is 0 Å². The maximum Gasteiger partial charge on any atom is 0.0130 e. The van der Waals surface area contributed by atoms with E-state index in [2.05, 4.69) is 46.9 Å². The van der Waals surface area contributed by atoms with Gasteiger partial charge in [-0.15, -0.1) is 0 Å². The molecule has 0 radical (unpaired) electrons. The predicted octanol–water partition coefficient (Wildman–Crippen LogP) is 8.41. The van der Waals surface area contributed by atoms with Crippen LogP contribution in [-0.2, 0) is 0 Å². The molecule has 0 amide bonds. The largest absolute Gasteiger partial charge is 0.307 e. The van der Waals surface area contributed by atoms with Gasteiger partial charge < -0.3 is 5.32 Å². The number of rotatable bonds is 18.